The second-order valence-electron chi connectivity index (χ2n) is 3.69. The maximum atomic E-state index is 13.6. The number of benzene rings is 1. The van der Waals surface area contributed by atoms with Gasteiger partial charge < -0.3 is 5.32 Å². The predicted octanol–water partition coefficient (Wildman–Crippen LogP) is 1.58. The van der Waals surface area contributed by atoms with E-state index in [4.69, 9.17) is 0 Å². The summed E-state index contributed by atoms with van der Waals surface area (Å²) in [6.07, 6.45) is 0.790. The zero-order valence-electron chi connectivity index (χ0n) is 9.52. The molecule has 0 aliphatic heterocycles. The molecule has 0 radical (unpaired) electrons. The Kier molecular flexibility index (Phi) is 3.77. The number of halogens is 1. The molecule has 0 amide bonds. The molecule has 0 spiro atoms. The van der Waals surface area contributed by atoms with Crippen LogP contribution >= 0.6 is 0 Å². The Morgan fingerprint density at radius 2 is 2.24 bits per heavy atom. The Balaban J connectivity index is 2.04. The van der Waals surface area contributed by atoms with Crippen molar-refractivity contribution in [3.05, 3.63) is 41.5 Å². The Labute approximate surface area is 98.4 Å². The highest BCUT2D eigenvalue weighted by atomic mass is 19.1. The van der Waals surface area contributed by atoms with Crippen LogP contribution in [0.5, 0.6) is 0 Å². The smallest absolute Gasteiger partial charge is 0.188 e. The molecule has 0 aliphatic carbocycles. The average molecular weight is 235 g/mol. The second-order valence-corrected chi connectivity index (χ2v) is 3.69. The normalized spacial score (nSPS) is 12.6. The van der Waals surface area contributed by atoms with Crippen molar-refractivity contribution in [1.82, 2.24) is 25.9 Å². The SMILES string of the molecule is CCC(NCc1nn[nH]n1)c1ccccc1F. The van der Waals surface area contributed by atoms with E-state index in [0.29, 0.717) is 17.9 Å². The molecule has 17 heavy (non-hydrogen) atoms. The van der Waals surface area contributed by atoms with Gasteiger partial charge >= 0.3 is 0 Å². The number of aromatic amines is 1. The van der Waals surface area contributed by atoms with Gasteiger partial charge in [-0.15, -0.1) is 10.2 Å². The van der Waals surface area contributed by atoms with Gasteiger partial charge in [-0.2, -0.15) is 5.21 Å². The number of rotatable bonds is 5. The Hall–Kier alpha value is -1.82. The fourth-order valence-electron chi connectivity index (χ4n) is 1.70. The summed E-state index contributed by atoms with van der Waals surface area (Å²) in [6, 6.07) is 6.72. The third kappa shape index (κ3) is 2.85. The lowest BCUT2D eigenvalue weighted by atomic mass is 10.0. The molecule has 0 fully saturated rings. The number of aromatic nitrogens is 4. The topological polar surface area (TPSA) is 66.5 Å². The van der Waals surface area contributed by atoms with Crippen molar-refractivity contribution in [2.45, 2.75) is 25.9 Å². The monoisotopic (exact) mass is 235 g/mol. The average Bonchev–Trinajstić information content (AvgIpc) is 2.85. The molecule has 2 aromatic rings. The van der Waals surface area contributed by atoms with Crippen LogP contribution in [0.15, 0.2) is 24.3 Å². The highest BCUT2D eigenvalue weighted by Crippen LogP contribution is 2.19. The van der Waals surface area contributed by atoms with Gasteiger partial charge in [-0.25, -0.2) is 4.39 Å². The summed E-state index contributed by atoms with van der Waals surface area (Å²) in [5, 5.41) is 16.7. The Bertz CT molecular complexity index is 457. The van der Waals surface area contributed by atoms with Crippen LogP contribution in [-0.2, 0) is 6.54 Å². The summed E-state index contributed by atoms with van der Waals surface area (Å²) in [4.78, 5) is 0. The molecule has 0 bridgehead atoms. The summed E-state index contributed by atoms with van der Waals surface area (Å²) in [5.41, 5.74) is 0.665. The maximum absolute atomic E-state index is 13.6. The van der Waals surface area contributed by atoms with Crippen molar-refractivity contribution in [2.75, 3.05) is 0 Å². The molecule has 0 aliphatic rings. The molecule has 2 N–H and O–H groups in total. The standard InChI is InChI=1S/C11H14FN5/c1-2-10(8-5-3-4-6-9(8)12)13-7-11-14-16-17-15-11/h3-6,10,13H,2,7H2,1H3,(H,14,15,16,17). The van der Waals surface area contributed by atoms with Crippen LogP contribution < -0.4 is 5.32 Å². The van der Waals surface area contributed by atoms with Crippen LogP contribution in [0.1, 0.15) is 30.8 Å². The van der Waals surface area contributed by atoms with Gasteiger partial charge in [-0.05, 0) is 12.5 Å². The van der Waals surface area contributed by atoms with E-state index >= 15 is 0 Å². The van der Waals surface area contributed by atoms with E-state index in [1.54, 1.807) is 12.1 Å². The van der Waals surface area contributed by atoms with Crippen molar-refractivity contribution >= 4 is 0 Å². The summed E-state index contributed by atoms with van der Waals surface area (Å²) < 4.78 is 13.6. The minimum Gasteiger partial charge on any atom is -0.303 e. The van der Waals surface area contributed by atoms with Gasteiger partial charge in [0.25, 0.3) is 0 Å². The van der Waals surface area contributed by atoms with Gasteiger partial charge in [0.1, 0.15) is 5.82 Å². The molecule has 1 atom stereocenters. The van der Waals surface area contributed by atoms with Crippen molar-refractivity contribution < 1.29 is 4.39 Å². The van der Waals surface area contributed by atoms with Gasteiger partial charge in [0, 0.05) is 11.6 Å². The molecule has 90 valence electrons. The van der Waals surface area contributed by atoms with Crippen molar-refractivity contribution in [3.8, 4) is 0 Å². The first-order valence-electron chi connectivity index (χ1n) is 5.51. The highest BCUT2D eigenvalue weighted by Gasteiger charge is 2.13. The molecule has 0 saturated heterocycles. The van der Waals surface area contributed by atoms with E-state index < -0.39 is 0 Å². The molecule has 1 aromatic heterocycles. The first-order chi connectivity index (χ1) is 8.31. The number of tetrazole rings is 1. The zero-order chi connectivity index (χ0) is 12.1. The van der Waals surface area contributed by atoms with E-state index in [1.807, 2.05) is 13.0 Å². The van der Waals surface area contributed by atoms with Gasteiger partial charge in [-0.1, -0.05) is 30.3 Å². The number of hydrogen-bond acceptors (Lipinski definition) is 4. The third-order valence-corrected chi connectivity index (χ3v) is 2.58. The molecule has 1 heterocycles. The van der Waals surface area contributed by atoms with Crippen molar-refractivity contribution in [2.24, 2.45) is 0 Å². The lowest BCUT2D eigenvalue weighted by Gasteiger charge is -2.16. The summed E-state index contributed by atoms with van der Waals surface area (Å²) in [6.45, 7) is 2.46. The number of H-pyrrole nitrogens is 1. The Morgan fingerprint density at radius 1 is 1.41 bits per heavy atom. The van der Waals surface area contributed by atoms with Gasteiger partial charge in [0.15, 0.2) is 5.82 Å². The largest absolute Gasteiger partial charge is 0.303 e. The molecular formula is C11H14FN5. The Morgan fingerprint density at radius 3 is 2.88 bits per heavy atom. The minimum atomic E-state index is -0.194. The molecule has 5 nitrogen and oxygen atoms in total. The third-order valence-electron chi connectivity index (χ3n) is 2.58. The summed E-state index contributed by atoms with van der Waals surface area (Å²) in [5.74, 6) is 0.375. The predicted molar refractivity (Wildman–Crippen MR) is 60.4 cm³/mol. The van der Waals surface area contributed by atoms with E-state index in [2.05, 4.69) is 25.9 Å². The first-order valence-corrected chi connectivity index (χ1v) is 5.51. The maximum Gasteiger partial charge on any atom is 0.188 e. The molecule has 1 aromatic carbocycles. The molecule has 2 rings (SSSR count). The van der Waals surface area contributed by atoms with Crippen LogP contribution in [0.25, 0.3) is 0 Å². The van der Waals surface area contributed by atoms with Crippen LogP contribution in [0, 0.1) is 5.82 Å². The zero-order valence-corrected chi connectivity index (χ0v) is 9.52. The fourth-order valence-corrected chi connectivity index (χ4v) is 1.70. The van der Waals surface area contributed by atoms with Gasteiger partial charge in [0.05, 0.1) is 6.54 Å². The summed E-state index contributed by atoms with van der Waals surface area (Å²) >= 11 is 0. The lowest BCUT2D eigenvalue weighted by Crippen LogP contribution is -2.21. The van der Waals surface area contributed by atoms with Crippen LogP contribution in [-0.4, -0.2) is 20.6 Å². The minimum absolute atomic E-state index is 0.0466. The lowest BCUT2D eigenvalue weighted by molar-refractivity contribution is 0.481. The molecule has 0 saturated carbocycles. The molecule has 6 heteroatoms. The molecule has 1 unspecified atom stereocenters. The highest BCUT2D eigenvalue weighted by molar-refractivity contribution is 5.21. The van der Waals surface area contributed by atoms with Crippen molar-refractivity contribution in [3.63, 3.8) is 0 Å². The second kappa shape index (κ2) is 5.49. The first kappa shape index (κ1) is 11.7. The number of hydrogen-bond donors (Lipinski definition) is 2. The number of nitrogens with one attached hydrogen (secondary N) is 2. The van der Waals surface area contributed by atoms with Gasteiger partial charge in [0.2, 0.25) is 0 Å². The van der Waals surface area contributed by atoms with Crippen molar-refractivity contribution in [1.29, 1.82) is 0 Å². The van der Waals surface area contributed by atoms with E-state index in [0.717, 1.165) is 6.42 Å². The van der Waals surface area contributed by atoms with Crippen LogP contribution in [0.3, 0.4) is 0 Å². The van der Waals surface area contributed by atoms with Gasteiger partial charge in [-0.3, -0.25) is 0 Å². The quantitative estimate of drug-likeness (QED) is 0.825. The van der Waals surface area contributed by atoms with E-state index in [1.165, 1.54) is 6.07 Å². The fraction of sp³-hybridized carbons (Fsp3) is 0.364. The van der Waals surface area contributed by atoms with E-state index in [-0.39, 0.29) is 11.9 Å². The van der Waals surface area contributed by atoms with Crippen LogP contribution in [0.2, 0.25) is 0 Å². The van der Waals surface area contributed by atoms with E-state index in [9.17, 15) is 4.39 Å². The number of nitrogens with zero attached hydrogens (tertiary/aromatic N) is 3. The summed E-state index contributed by atoms with van der Waals surface area (Å²) in [7, 11) is 0. The van der Waals surface area contributed by atoms with Crippen LogP contribution in [0.4, 0.5) is 4.39 Å². The molecular weight excluding hydrogens is 221 g/mol.